The summed E-state index contributed by atoms with van der Waals surface area (Å²) in [5.41, 5.74) is 9.88. The molecule has 0 saturated heterocycles. The Morgan fingerprint density at radius 2 is 1.93 bits per heavy atom. The standard InChI is InChI=1S/C24H16ClN2O2/c25-19-7-2-1-5-16(19)14-27-20-8-3-6-18(24(26)28)23(20)17-11-10-15(13-21(17)27)22-9-4-12-29-22/h1-10,12-13H,14H2,(H2,26,28). The molecule has 0 bridgehead atoms. The predicted molar refractivity (Wildman–Crippen MR) is 115 cm³/mol. The van der Waals surface area contributed by atoms with E-state index in [1.165, 1.54) is 0 Å². The summed E-state index contributed by atoms with van der Waals surface area (Å²) in [5.74, 6) is 0.295. The number of benzene rings is 3. The second-order valence-corrected chi connectivity index (χ2v) is 7.27. The normalized spacial score (nSPS) is 11.3. The largest absolute Gasteiger partial charge is 0.464 e. The molecule has 5 heteroatoms. The fourth-order valence-electron chi connectivity index (χ4n) is 3.81. The third kappa shape index (κ3) is 2.89. The van der Waals surface area contributed by atoms with E-state index in [1.54, 1.807) is 12.3 Å². The maximum Gasteiger partial charge on any atom is 0.249 e. The summed E-state index contributed by atoms with van der Waals surface area (Å²) in [6.07, 6.45) is 1.64. The lowest BCUT2D eigenvalue weighted by Gasteiger charge is -2.10. The average Bonchev–Trinajstić information content (AvgIpc) is 3.36. The molecule has 0 atom stereocenters. The van der Waals surface area contributed by atoms with E-state index < -0.39 is 5.91 Å². The second kappa shape index (κ2) is 6.83. The third-order valence-electron chi connectivity index (χ3n) is 5.15. The molecule has 2 N–H and O–H groups in total. The Bertz CT molecular complexity index is 1370. The molecule has 0 fully saturated rings. The van der Waals surface area contributed by atoms with Crippen LogP contribution in [-0.4, -0.2) is 10.5 Å². The van der Waals surface area contributed by atoms with Gasteiger partial charge in [0.2, 0.25) is 5.91 Å². The van der Waals surface area contributed by atoms with Crippen molar-refractivity contribution in [2.45, 2.75) is 6.54 Å². The molecule has 1 radical (unpaired) electrons. The second-order valence-electron chi connectivity index (χ2n) is 6.87. The van der Waals surface area contributed by atoms with E-state index in [9.17, 15) is 4.79 Å². The Kier molecular flexibility index (Phi) is 4.14. The molecule has 4 nitrogen and oxygen atoms in total. The van der Waals surface area contributed by atoms with E-state index >= 15 is 0 Å². The zero-order valence-electron chi connectivity index (χ0n) is 15.4. The van der Waals surface area contributed by atoms with Gasteiger partial charge in [-0.3, -0.25) is 4.79 Å². The molecule has 2 aromatic heterocycles. The van der Waals surface area contributed by atoms with E-state index in [0.29, 0.717) is 17.1 Å². The number of halogens is 1. The van der Waals surface area contributed by atoms with Crippen molar-refractivity contribution in [2.24, 2.45) is 5.73 Å². The number of nitrogens with two attached hydrogens (primary N) is 1. The fourth-order valence-corrected chi connectivity index (χ4v) is 4.01. The number of nitrogens with zero attached hydrogens (tertiary/aromatic N) is 1. The van der Waals surface area contributed by atoms with Crippen molar-refractivity contribution >= 4 is 39.3 Å². The molecule has 0 spiro atoms. The van der Waals surface area contributed by atoms with Gasteiger partial charge in [-0.15, -0.1) is 0 Å². The molecule has 0 aliphatic rings. The Morgan fingerprint density at radius 1 is 1.07 bits per heavy atom. The van der Waals surface area contributed by atoms with Crippen LogP contribution in [0.5, 0.6) is 0 Å². The lowest BCUT2D eigenvalue weighted by Crippen LogP contribution is -2.11. The lowest BCUT2D eigenvalue weighted by atomic mass is 10.0. The van der Waals surface area contributed by atoms with Gasteiger partial charge >= 0.3 is 0 Å². The van der Waals surface area contributed by atoms with Gasteiger partial charge in [0.05, 0.1) is 17.3 Å². The van der Waals surface area contributed by atoms with Crippen LogP contribution in [0.4, 0.5) is 0 Å². The quantitative estimate of drug-likeness (QED) is 0.424. The molecular formula is C24H16ClN2O2. The monoisotopic (exact) mass is 399 g/mol. The number of hydrogen-bond acceptors (Lipinski definition) is 2. The summed E-state index contributed by atoms with van der Waals surface area (Å²) >= 11 is 6.43. The highest BCUT2D eigenvalue weighted by atomic mass is 35.5. The molecular weight excluding hydrogens is 384 g/mol. The van der Waals surface area contributed by atoms with E-state index in [0.717, 1.165) is 38.7 Å². The minimum absolute atomic E-state index is 0.462. The number of fused-ring (bicyclic) bond motifs is 3. The first-order chi connectivity index (χ1) is 14.1. The fraction of sp³-hybridized carbons (Fsp3) is 0.0417. The van der Waals surface area contributed by atoms with Crippen molar-refractivity contribution in [1.29, 1.82) is 0 Å². The summed E-state index contributed by atoms with van der Waals surface area (Å²) < 4.78 is 7.70. The SMILES string of the molecule is NC(=O)c1cccc2c1c1[c]cc(-c3ccco3)cc1n2Cc1ccccc1Cl. The first-order valence-corrected chi connectivity index (χ1v) is 9.55. The molecule has 29 heavy (non-hydrogen) atoms. The molecule has 0 aliphatic heterocycles. The molecule has 3 aromatic carbocycles. The third-order valence-corrected chi connectivity index (χ3v) is 5.52. The van der Waals surface area contributed by atoms with E-state index in [4.69, 9.17) is 21.8 Å². The van der Waals surface area contributed by atoms with Crippen LogP contribution >= 0.6 is 11.6 Å². The Labute approximate surface area is 172 Å². The van der Waals surface area contributed by atoms with Crippen molar-refractivity contribution in [1.82, 2.24) is 4.57 Å². The van der Waals surface area contributed by atoms with Gasteiger partial charge in [0.25, 0.3) is 0 Å². The molecule has 0 saturated carbocycles. The van der Waals surface area contributed by atoms with Crippen LogP contribution in [-0.2, 0) is 6.54 Å². The molecule has 0 aliphatic carbocycles. The van der Waals surface area contributed by atoms with Crippen LogP contribution in [0.2, 0.25) is 5.02 Å². The highest BCUT2D eigenvalue weighted by Gasteiger charge is 2.18. The molecule has 5 aromatic rings. The first kappa shape index (κ1) is 17.6. The zero-order valence-corrected chi connectivity index (χ0v) is 16.1. The van der Waals surface area contributed by atoms with Gasteiger partial charge in [0.15, 0.2) is 0 Å². The zero-order chi connectivity index (χ0) is 20.0. The van der Waals surface area contributed by atoms with E-state index in [2.05, 4.69) is 10.6 Å². The van der Waals surface area contributed by atoms with Crippen LogP contribution in [0.15, 0.2) is 77.4 Å². The van der Waals surface area contributed by atoms with Crippen molar-refractivity contribution in [3.63, 3.8) is 0 Å². The Morgan fingerprint density at radius 3 is 2.69 bits per heavy atom. The van der Waals surface area contributed by atoms with Gasteiger partial charge < -0.3 is 14.7 Å². The van der Waals surface area contributed by atoms with Crippen LogP contribution in [0.3, 0.4) is 0 Å². The minimum atomic E-state index is -0.462. The van der Waals surface area contributed by atoms with E-state index in [1.807, 2.05) is 60.7 Å². The molecule has 1 amide bonds. The summed E-state index contributed by atoms with van der Waals surface area (Å²) in [4.78, 5) is 12.1. The lowest BCUT2D eigenvalue weighted by molar-refractivity contribution is 0.100. The molecule has 0 unspecified atom stereocenters. The summed E-state index contributed by atoms with van der Waals surface area (Å²) in [5, 5.41) is 2.34. The number of rotatable bonds is 4. The highest BCUT2D eigenvalue weighted by Crippen LogP contribution is 2.35. The van der Waals surface area contributed by atoms with Gasteiger partial charge in [-0.05, 0) is 54.1 Å². The number of carbonyl (C=O) groups is 1. The number of primary amides is 1. The number of amides is 1. The van der Waals surface area contributed by atoms with Crippen LogP contribution in [0, 0.1) is 6.07 Å². The maximum absolute atomic E-state index is 12.1. The number of aromatic nitrogens is 1. The van der Waals surface area contributed by atoms with Gasteiger partial charge in [0, 0.05) is 33.5 Å². The van der Waals surface area contributed by atoms with Gasteiger partial charge in [0.1, 0.15) is 5.76 Å². The van der Waals surface area contributed by atoms with E-state index in [-0.39, 0.29) is 0 Å². The number of carbonyl (C=O) groups excluding carboxylic acids is 1. The Hall–Kier alpha value is -3.50. The molecule has 2 heterocycles. The van der Waals surface area contributed by atoms with Crippen molar-refractivity contribution < 1.29 is 9.21 Å². The number of furan rings is 1. The van der Waals surface area contributed by atoms with Crippen LogP contribution in [0.25, 0.3) is 33.1 Å². The van der Waals surface area contributed by atoms with Crippen molar-refractivity contribution in [3.05, 3.63) is 95.2 Å². The van der Waals surface area contributed by atoms with Gasteiger partial charge in [-0.25, -0.2) is 0 Å². The van der Waals surface area contributed by atoms with Gasteiger partial charge in [-0.1, -0.05) is 35.9 Å². The summed E-state index contributed by atoms with van der Waals surface area (Å²) in [6, 6.07) is 24.3. The van der Waals surface area contributed by atoms with Crippen LogP contribution < -0.4 is 5.73 Å². The average molecular weight is 400 g/mol. The van der Waals surface area contributed by atoms with Crippen molar-refractivity contribution in [2.75, 3.05) is 0 Å². The topological polar surface area (TPSA) is 61.2 Å². The highest BCUT2D eigenvalue weighted by molar-refractivity contribution is 6.31. The van der Waals surface area contributed by atoms with Crippen LogP contribution in [0.1, 0.15) is 15.9 Å². The van der Waals surface area contributed by atoms with Crippen molar-refractivity contribution in [3.8, 4) is 11.3 Å². The summed E-state index contributed by atoms with van der Waals surface area (Å²) in [7, 11) is 0. The smallest absolute Gasteiger partial charge is 0.249 e. The number of hydrogen-bond donors (Lipinski definition) is 1. The predicted octanol–water partition coefficient (Wildman–Crippen LogP) is 5.66. The maximum atomic E-state index is 12.1. The Balaban J connectivity index is 1.84. The van der Waals surface area contributed by atoms with Gasteiger partial charge in [-0.2, -0.15) is 0 Å². The summed E-state index contributed by atoms with van der Waals surface area (Å²) in [6.45, 7) is 0.553. The molecule has 141 valence electrons. The minimum Gasteiger partial charge on any atom is -0.464 e. The first-order valence-electron chi connectivity index (χ1n) is 9.17. The molecule has 5 rings (SSSR count).